The van der Waals surface area contributed by atoms with E-state index in [9.17, 15) is 19.5 Å². The third kappa shape index (κ3) is 3.30. The van der Waals surface area contributed by atoms with Gasteiger partial charge in [0.05, 0.1) is 30.0 Å². The summed E-state index contributed by atoms with van der Waals surface area (Å²) in [4.78, 5) is 40.3. The molecule has 1 aromatic carbocycles. The number of carbonyl (C=O) groups excluding carboxylic acids is 3. The Hall–Kier alpha value is -2.45. The zero-order chi connectivity index (χ0) is 19.0. The van der Waals surface area contributed by atoms with Crippen LogP contribution < -0.4 is 10.2 Å². The van der Waals surface area contributed by atoms with Crippen molar-refractivity contribution in [1.29, 1.82) is 0 Å². The van der Waals surface area contributed by atoms with Crippen molar-refractivity contribution in [3.05, 3.63) is 29.8 Å². The second-order valence-corrected chi connectivity index (χ2v) is 7.27. The summed E-state index contributed by atoms with van der Waals surface area (Å²) < 4.78 is 5.81. The molecule has 27 heavy (non-hydrogen) atoms. The van der Waals surface area contributed by atoms with Gasteiger partial charge in [0.2, 0.25) is 5.91 Å². The highest BCUT2D eigenvalue weighted by Gasteiger charge is 2.43. The largest absolute Gasteiger partial charge is 0.396 e. The zero-order valence-corrected chi connectivity index (χ0v) is 15.0. The summed E-state index contributed by atoms with van der Waals surface area (Å²) in [5.41, 5.74) is 0.947. The van der Waals surface area contributed by atoms with Gasteiger partial charge in [-0.2, -0.15) is 0 Å². The number of fused-ring (bicyclic) bond motifs is 1. The average molecular weight is 373 g/mol. The number of carbonyl (C=O) groups is 3. The van der Waals surface area contributed by atoms with Gasteiger partial charge < -0.3 is 14.7 Å². The molecule has 2 aliphatic heterocycles. The molecular formula is C19H23N3O5. The molecule has 3 fully saturated rings. The van der Waals surface area contributed by atoms with Crippen LogP contribution in [0.15, 0.2) is 24.3 Å². The summed E-state index contributed by atoms with van der Waals surface area (Å²) in [5.74, 6) is -0.313. The van der Waals surface area contributed by atoms with Crippen LogP contribution in [0.25, 0.3) is 0 Å². The van der Waals surface area contributed by atoms with Crippen molar-refractivity contribution < 1.29 is 24.2 Å². The first-order valence-corrected chi connectivity index (χ1v) is 9.32. The summed E-state index contributed by atoms with van der Waals surface area (Å²) in [6.07, 6.45) is 1.62. The number of amides is 4. The second-order valence-electron chi connectivity index (χ2n) is 7.27. The molecule has 0 aromatic heterocycles. The SMILES string of the molecule is O=C1CCN(c2ccccc2C(=O)N2CCOC3C[C@H](CO)C[C@@H]32)C(=O)N1. The number of hydrogen-bond acceptors (Lipinski definition) is 5. The Morgan fingerprint density at radius 3 is 2.81 bits per heavy atom. The molecule has 0 bridgehead atoms. The van der Waals surface area contributed by atoms with Gasteiger partial charge in [-0.3, -0.25) is 19.8 Å². The first kappa shape index (κ1) is 17.9. The molecule has 2 heterocycles. The van der Waals surface area contributed by atoms with E-state index in [0.717, 1.165) is 6.42 Å². The highest BCUT2D eigenvalue weighted by molar-refractivity contribution is 6.09. The van der Waals surface area contributed by atoms with Crippen LogP contribution >= 0.6 is 0 Å². The molecule has 0 radical (unpaired) electrons. The van der Waals surface area contributed by atoms with Crippen LogP contribution in [0.3, 0.4) is 0 Å². The number of imide groups is 1. The molecule has 144 valence electrons. The van der Waals surface area contributed by atoms with Gasteiger partial charge in [0.1, 0.15) is 0 Å². The Labute approximate surface area is 157 Å². The number of ether oxygens (including phenoxy) is 1. The molecule has 1 unspecified atom stereocenters. The molecule has 2 saturated heterocycles. The molecule has 8 nitrogen and oxygen atoms in total. The first-order chi connectivity index (χ1) is 13.1. The van der Waals surface area contributed by atoms with Crippen molar-refractivity contribution in [3.63, 3.8) is 0 Å². The number of nitrogens with zero attached hydrogens (tertiary/aromatic N) is 2. The molecule has 3 aliphatic rings. The molecule has 4 amide bonds. The number of anilines is 1. The average Bonchev–Trinajstić information content (AvgIpc) is 3.11. The second kappa shape index (κ2) is 7.28. The van der Waals surface area contributed by atoms with E-state index in [2.05, 4.69) is 5.32 Å². The topological polar surface area (TPSA) is 99.2 Å². The number of para-hydroxylation sites is 1. The minimum Gasteiger partial charge on any atom is -0.396 e. The lowest BCUT2D eigenvalue weighted by molar-refractivity contribution is -0.120. The van der Waals surface area contributed by atoms with Gasteiger partial charge in [-0.15, -0.1) is 0 Å². The molecule has 4 rings (SSSR count). The van der Waals surface area contributed by atoms with Crippen LogP contribution in [0, 0.1) is 5.92 Å². The zero-order valence-electron chi connectivity index (χ0n) is 15.0. The molecule has 0 spiro atoms. The van der Waals surface area contributed by atoms with E-state index >= 15 is 0 Å². The summed E-state index contributed by atoms with van der Waals surface area (Å²) in [5, 5.41) is 11.8. The van der Waals surface area contributed by atoms with E-state index in [1.165, 1.54) is 4.90 Å². The van der Waals surface area contributed by atoms with Crippen LogP contribution in [0.1, 0.15) is 29.6 Å². The van der Waals surface area contributed by atoms with Gasteiger partial charge in [-0.25, -0.2) is 4.79 Å². The smallest absolute Gasteiger partial charge is 0.328 e. The molecule has 1 saturated carbocycles. The summed E-state index contributed by atoms with van der Waals surface area (Å²) in [6, 6.07) is 6.42. The van der Waals surface area contributed by atoms with E-state index in [1.807, 2.05) is 4.90 Å². The molecule has 8 heteroatoms. The van der Waals surface area contributed by atoms with E-state index in [0.29, 0.717) is 30.8 Å². The monoisotopic (exact) mass is 373 g/mol. The van der Waals surface area contributed by atoms with Crippen LogP contribution in [0.5, 0.6) is 0 Å². The minimum atomic E-state index is -0.507. The molecule has 3 atom stereocenters. The minimum absolute atomic E-state index is 0.0529. The standard InChI is InChI=1S/C19H23N3O5/c23-11-12-9-15-16(10-12)27-8-7-21(15)18(25)13-3-1-2-4-14(13)22-6-5-17(24)20-19(22)26/h1-4,12,15-16,23H,5-11H2,(H,20,24,26)/t12-,15+,16?/m1/s1. The number of hydrogen-bond donors (Lipinski definition) is 2. The fourth-order valence-corrected chi connectivity index (χ4v) is 4.29. The van der Waals surface area contributed by atoms with Crippen molar-refractivity contribution in [2.24, 2.45) is 5.92 Å². The van der Waals surface area contributed by atoms with Gasteiger partial charge in [0.25, 0.3) is 5.91 Å². The predicted octanol–water partition coefficient (Wildman–Crippen LogP) is 0.745. The van der Waals surface area contributed by atoms with E-state index in [1.54, 1.807) is 24.3 Å². The van der Waals surface area contributed by atoms with E-state index in [4.69, 9.17) is 4.74 Å². The van der Waals surface area contributed by atoms with Gasteiger partial charge in [-0.05, 0) is 30.9 Å². The summed E-state index contributed by atoms with van der Waals surface area (Å²) in [6.45, 7) is 1.29. The van der Waals surface area contributed by atoms with Crippen molar-refractivity contribution in [3.8, 4) is 0 Å². The maximum atomic E-state index is 13.4. The Morgan fingerprint density at radius 2 is 2.04 bits per heavy atom. The molecular weight excluding hydrogens is 350 g/mol. The highest BCUT2D eigenvalue weighted by atomic mass is 16.5. The first-order valence-electron chi connectivity index (χ1n) is 9.32. The summed E-state index contributed by atoms with van der Waals surface area (Å²) >= 11 is 0. The van der Waals surface area contributed by atoms with Crippen molar-refractivity contribution in [2.45, 2.75) is 31.4 Å². The van der Waals surface area contributed by atoms with Gasteiger partial charge >= 0.3 is 6.03 Å². The third-order valence-corrected chi connectivity index (χ3v) is 5.63. The lowest BCUT2D eigenvalue weighted by Crippen LogP contribution is -2.52. The quantitative estimate of drug-likeness (QED) is 0.814. The normalized spacial score (nSPS) is 28.1. The Kier molecular flexibility index (Phi) is 4.84. The van der Waals surface area contributed by atoms with Gasteiger partial charge in [0.15, 0.2) is 0 Å². The maximum absolute atomic E-state index is 13.4. The van der Waals surface area contributed by atoms with Crippen LogP contribution in [0.2, 0.25) is 0 Å². The number of rotatable bonds is 3. The lowest BCUT2D eigenvalue weighted by Gasteiger charge is -2.38. The van der Waals surface area contributed by atoms with Gasteiger partial charge in [0, 0.05) is 26.1 Å². The lowest BCUT2D eigenvalue weighted by atomic mass is 10.1. The van der Waals surface area contributed by atoms with Crippen LogP contribution in [0.4, 0.5) is 10.5 Å². The third-order valence-electron chi connectivity index (χ3n) is 5.63. The van der Waals surface area contributed by atoms with E-state index in [-0.39, 0.29) is 49.5 Å². The Morgan fingerprint density at radius 1 is 1.22 bits per heavy atom. The predicted molar refractivity (Wildman–Crippen MR) is 96.3 cm³/mol. The number of nitrogens with one attached hydrogen (secondary N) is 1. The number of aliphatic hydroxyl groups is 1. The van der Waals surface area contributed by atoms with Crippen molar-refractivity contribution in [1.82, 2.24) is 10.2 Å². The van der Waals surface area contributed by atoms with Crippen LogP contribution in [-0.2, 0) is 9.53 Å². The number of urea groups is 1. The Balaban J connectivity index is 1.61. The van der Waals surface area contributed by atoms with Crippen molar-refractivity contribution >= 4 is 23.5 Å². The Bertz CT molecular complexity index is 767. The molecule has 2 N–H and O–H groups in total. The number of aliphatic hydroxyl groups excluding tert-OH is 1. The fraction of sp³-hybridized carbons (Fsp3) is 0.526. The number of benzene rings is 1. The highest BCUT2D eigenvalue weighted by Crippen LogP contribution is 2.35. The maximum Gasteiger partial charge on any atom is 0.328 e. The molecule has 1 aliphatic carbocycles. The van der Waals surface area contributed by atoms with Gasteiger partial charge in [-0.1, -0.05) is 12.1 Å². The van der Waals surface area contributed by atoms with Crippen LogP contribution in [-0.4, -0.2) is 66.3 Å². The fourth-order valence-electron chi connectivity index (χ4n) is 4.29. The molecule has 1 aromatic rings. The summed E-state index contributed by atoms with van der Waals surface area (Å²) in [7, 11) is 0. The number of morpholine rings is 1. The van der Waals surface area contributed by atoms with Crippen molar-refractivity contribution in [2.75, 3.05) is 31.2 Å². The van der Waals surface area contributed by atoms with E-state index < -0.39 is 6.03 Å².